The topological polar surface area (TPSA) is 58.6 Å². The van der Waals surface area contributed by atoms with Crippen molar-refractivity contribution in [1.29, 1.82) is 0 Å². The van der Waals surface area contributed by atoms with Gasteiger partial charge in [0.15, 0.2) is 0 Å². The first-order valence-electron chi connectivity index (χ1n) is 5.86. The third-order valence-corrected chi connectivity index (χ3v) is 2.86. The van der Waals surface area contributed by atoms with E-state index in [2.05, 4.69) is 5.32 Å². The zero-order chi connectivity index (χ0) is 13.1. The maximum atomic E-state index is 11.8. The molecule has 5 nitrogen and oxygen atoms in total. The van der Waals surface area contributed by atoms with Crippen molar-refractivity contribution in [2.24, 2.45) is 0 Å². The van der Waals surface area contributed by atoms with E-state index in [1.807, 2.05) is 31.2 Å². The molecule has 1 atom stereocenters. The Balaban J connectivity index is 2.06. The molecule has 96 valence electrons. The standard InChI is InChI=1S/C13H16N2O3/c1-9-5-3-4-6-12(9)15-8-11(18-13(15)17)7-14-10(2)16/h3-6,11H,7-8H2,1-2H3,(H,14,16)/t11-/m0/s1. The summed E-state index contributed by atoms with van der Waals surface area (Å²) in [7, 11) is 0. The van der Waals surface area contributed by atoms with E-state index >= 15 is 0 Å². The van der Waals surface area contributed by atoms with Gasteiger partial charge in [-0.2, -0.15) is 0 Å². The van der Waals surface area contributed by atoms with Crippen LogP contribution in [-0.2, 0) is 9.53 Å². The van der Waals surface area contributed by atoms with Crippen LogP contribution >= 0.6 is 0 Å². The van der Waals surface area contributed by atoms with Crippen LogP contribution in [0.3, 0.4) is 0 Å². The molecule has 0 saturated carbocycles. The van der Waals surface area contributed by atoms with Crippen LogP contribution < -0.4 is 10.2 Å². The van der Waals surface area contributed by atoms with Gasteiger partial charge < -0.3 is 10.1 Å². The fourth-order valence-electron chi connectivity index (χ4n) is 1.95. The molecule has 1 aliphatic rings. The molecule has 1 fully saturated rings. The number of para-hydroxylation sites is 1. The molecule has 0 aliphatic carbocycles. The molecule has 1 saturated heterocycles. The number of ether oxygens (including phenoxy) is 1. The summed E-state index contributed by atoms with van der Waals surface area (Å²) in [6, 6.07) is 7.65. The molecular formula is C13H16N2O3. The average Bonchev–Trinajstić information content (AvgIpc) is 2.69. The summed E-state index contributed by atoms with van der Waals surface area (Å²) in [5.41, 5.74) is 1.88. The van der Waals surface area contributed by atoms with E-state index in [0.29, 0.717) is 13.1 Å². The fourth-order valence-corrected chi connectivity index (χ4v) is 1.95. The van der Waals surface area contributed by atoms with E-state index in [-0.39, 0.29) is 18.1 Å². The monoisotopic (exact) mass is 248 g/mol. The van der Waals surface area contributed by atoms with Gasteiger partial charge in [-0.25, -0.2) is 4.79 Å². The summed E-state index contributed by atoms with van der Waals surface area (Å²) in [5, 5.41) is 2.65. The van der Waals surface area contributed by atoms with Gasteiger partial charge in [0, 0.05) is 6.92 Å². The number of rotatable bonds is 3. The van der Waals surface area contributed by atoms with Crippen LogP contribution in [0.25, 0.3) is 0 Å². The maximum absolute atomic E-state index is 11.8. The molecule has 0 unspecified atom stereocenters. The van der Waals surface area contributed by atoms with Crippen LogP contribution in [0.5, 0.6) is 0 Å². The van der Waals surface area contributed by atoms with E-state index in [1.165, 1.54) is 6.92 Å². The van der Waals surface area contributed by atoms with Gasteiger partial charge in [-0.3, -0.25) is 9.69 Å². The fraction of sp³-hybridized carbons (Fsp3) is 0.385. The van der Waals surface area contributed by atoms with Crippen LogP contribution in [0.15, 0.2) is 24.3 Å². The van der Waals surface area contributed by atoms with E-state index in [1.54, 1.807) is 4.90 Å². The molecule has 2 amide bonds. The van der Waals surface area contributed by atoms with Crippen molar-refractivity contribution in [3.63, 3.8) is 0 Å². The molecule has 1 heterocycles. The third kappa shape index (κ3) is 2.61. The number of benzene rings is 1. The SMILES string of the molecule is CC(=O)NC[C@H]1CN(c2ccccc2C)C(=O)O1. The molecule has 0 spiro atoms. The second-order valence-electron chi connectivity index (χ2n) is 4.34. The number of carbonyl (C=O) groups excluding carboxylic acids is 2. The number of hydrogen-bond acceptors (Lipinski definition) is 3. The zero-order valence-electron chi connectivity index (χ0n) is 10.5. The highest BCUT2D eigenvalue weighted by Crippen LogP contribution is 2.24. The Kier molecular flexibility index (Phi) is 3.50. The highest BCUT2D eigenvalue weighted by Gasteiger charge is 2.32. The molecule has 2 rings (SSSR count). The molecule has 0 aromatic heterocycles. The van der Waals surface area contributed by atoms with Gasteiger partial charge in [0.05, 0.1) is 18.8 Å². The third-order valence-electron chi connectivity index (χ3n) is 2.86. The summed E-state index contributed by atoms with van der Waals surface area (Å²) in [6.45, 7) is 4.20. The van der Waals surface area contributed by atoms with E-state index < -0.39 is 0 Å². The van der Waals surface area contributed by atoms with Gasteiger partial charge in [-0.05, 0) is 18.6 Å². The first kappa shape index (κ1) is 12.4. The quantitative estimate of drug-likeness (QED) is 0.881. The lowest BCUT2D eigenvalue weighted by atomic mass is 10.2. The van der Waals surface area contributed by atoms with Crippen molar-refractivity contribution in [1.82, 2.24) is 5.32 Å². The molecular weight excluding hydrogens is 232 g/mol. The van der Waals surface area contributed by atoms with Crippen molar-refractivity contribution in [2.75, 3.05) is 18.0 Å². The van der Waals surface area contributed by atoms with Crippen LogP contribution in [0.1, 0.15) is 12.5 Å². The Morgan fingerprint density at radius 3 is 2.89 bits per heavy atom. The molecule has 1 aromatic carbocycles. The lowest BCUT2D eigenvalue weighted by Crippen LogP contribution is -2.33. The van der Waals surface area contributed by atoms with Gasteiger partial charge in [0.1, 0.15) is 6.10 Å². The van der Waals surface area contributed by atoms with Crippen molar-refractivity contribution in [3.05, 3.63) is 29.8 Å². The first-order valence-corrected chi connectivity index (χ1v) is 5.86. The van der Waals surface area contributed by atoms with Crippen molar-refractivity contribution >= 4 is 17.7 Å². The Labute approximate surface area is 106 Å². The van der Waals surface area contributed by atoms with Gasteiger partial charge in [0.2, 0.25) is 5.91 Å². The summed E-state index contributed by atoms with van der Waals surface area (Å²) >= 11 is 0. The lowest BCUT2D eigenvalue weighted by molar-refractivity contribution is -0.119. The van der Waals surface area contributed by atoms with Crippen LogP contribution in [0.4, 0.5) is 10.5 Å². The normalized spacial score (nSPS) is 18.7. The Morgan fingerprint density at radius 2 is 2.22 bits per heavy atom. The van der Waals surface area contributed by atoms with E-state index in [4.69, 9.17) is 4.74 Å². The molecule has 1 aromatic rings. The molecule has 0 radical (unpaired) electrons. The van der Waals surface area contributed by atoms with Crippen molar-refractivity contribution in [2.45, 2.75) is 20.0 Å². The highest BCUT2D eigenvalue weighted by molar-refractivity contribution is 5.90. The summed E-state index contributed by atoms with van der Waals surface area (Å²) < 4.78 is 5.21. The molecule has 1 aliphatic heterocycles. The van der Waals surface area contributed by atoms with E-state index in [9.17, 15) is 9.59 Å². The average molecular weight is 248 g/mol. The minimum absolute atomic E-state index is 0.125. The number of amides is 2. The number of nitrogens with one attached hydrogen (secondary N) is 1. The minimum atomic E-state index is -0.361. The number of carbonyl (C=O) groups is 2. The number of aryl methyl sites for hydroxylation is 1. The second kappa shape index (κ2) is 5.08. The Bertz CT molecular complexity index is 473. The summed E-state index contributed by atoms with van der Waals surface area (Å²) in [6.07, 6.45) is -0.652. The second-order valence-corrected chi connectivity index (χ2v) is 4.34. The van der Waals surface area contributed by atoms with Crippen LogP contribution in [0.2, 0.25) is 0 Å². The van der Waals surface area contributed by atoms with E-state index in [0.717, 1.165) is 11.3 Å². The summed E-state index contributed by atoms with van der Waals surface area (Å²) in [5.74, 6) is -0.125. The maximum Gasteiger partial charge on any atom is 0.414 e. The number of anilines is 1. The van der Waals surface area contributed by atoms with Gasteiger partial charge >= 0.3 is 6.09 Å². The summed E-state index contributed by atoms with van der Waals surface area (Å²) in [4.78, 5) is 24.2. The predicted molar refractivity (Wildman–Crippen MR) is 67.5 cm³/mol. The highest BCUT2D eigenvalue weighted by atomic mass is 16.6. The van der Waals surface area contributed by atoms with Crippen LogP contribution in [0, 0.1) is 6.92 Å². The van der Waals surface area contributed by atoms with Gasteiger partial charge in [0.25, 0.3) is 0 Å². The lowest BCUT2D eigenvalue weighted by Gasteiger charge is -2.15. The number of nitrogens with zero attached hydrogens (tertiary/aromatic N) is 1. The Morgan fingerprint density at radius 1 is 1.50 bits per heavy atom. The Hall–Kier alpha value is -2.04. The number of cyclic esters (lactones) is 1. The van der Waals surface area contributed by atoms with Crippen LogP contribution in [-0.4, -0.2) is 31.2 Å². The molecule has 1 N–H and O–H groups in total. The smallest absolute Gasteiger partial charge is 0.414 e. The molecule has 0 bridgehead atoms. The largest absolute Gasteiger partial charge is 0.442 e. The minimum Gasteiger partial charge on any atom is -0.442 e. The number of hydrogen-bond donors (Lipinski definition) is 1. The van der Waals surface area contributed by atoms with Crippen molar-refractivity contribution < 1.29 is 14.3 Å². The van der Waals surface area contributed by atoms with Gasteiger partial charge in [-0.1, -0.05) is 18.2 Å². The molecule has 18 heavy (non-hydrogen) atoms. The predicted octanol–water partition coefficient (Wildman–Crippen LogP) is 1.46. The van der Waals surface area contributed by atoms with Gasteiger partial charge in [-0.15, -0.1) is 0 Å². The molecule has 5 heteroatoms. The zero-order valence-corrected chi connectivity index (χ0v) is 10.5. The van der Waals surface area contributed by atoms with Crippen molar-refractivity contribution in [3.8, 4) is 0 Å². The first-order chi connectivity index (χ1) is 8.58.